The van der Waals surface area contributed by atoms with Crippen molar-refractivity contribution in [1.29, 1.82) is 0 Å². The first-order valence-electron chi connectivity index (χ1n) is 9.86. The average molecular weight is 414 g/mol. The van der Waals surface area contributed by atoms with Crippen LogP contribution in [0.25, 0.3) is 0 Å². The number of hydrogen-bond donors (Lipinski definition) is 0. The van der Waals surface area contributed by atoms with E-state index < -0.39 is 0 Å². The summed E-state index contributed by atoms with van der Waals surface area (Å²) in [4.78, 5) is 2.62. The lowest BCUT2D eigenvalue weighted by atomic mass is 10.00. The topological polar surface area (TPSA) is 12.5 Å². The highest BCUT2D eigenvalue weighted by Gasteiger charge is 2.26. The van der Waals surface area contributed by atoms with E-state index >= 15 is 0 Å². The molecule has 2 atom stereocenters. The summed E-state index contributed by atoms with van der Waals surface area (Å²) in [7, 11) is 0. The Bertz CT molecular complexity index is 754. The van der Waals surface area contributed by atoms with Gasteiger partial charge in [0.1, 0.15) is 0 Å². The summed E-state index contributed by atoms with van der Waals surface area (Å²) < 4.78 is 7.17. The Morgan fingerprint density at radius 1 is 1.12 bits per heavy atom. The maximum atomic E-state index is 5.95. The molecule has 1 saturated heterocycles. The fourth-order valence-corrected chi connectivity index (χ4v) is 5.07. The molecular formula is C23H28BrNO. The second kappa shape index (κ2) is 8.24. The van der Waals surface area contributed by atoms with Crippen molar-refractivity contribution in [3.05, 3.63) is 69.2 Å². The fraction of sp³-hybridized carbons (Fsp3) is 0.478. The molecule has 3 heteroatoms. The van der Waals surface area contributed by atoms with Gasteiger partial charge in [-0.1, -0.05) is 52.3 Å². The summed E-state index contributed by atoms with van der Waals surface area (Å²) in [6.07, 6.45) is 5.31. The first-order chi connectivity index (χ1) is 12.7. The molecule has 138 valence electrons. The monoisotopic (exact) mass is 413 g/mol. The zero-order chi connectivity index (χ0) is 17.9. The molecule has 2 unspecified atom stereocenters. The molecule has 1 heterocycles. The Labute approximate surface area is 165 Å². The predicted octanol–water partition coefficient (Wildman–Crippen LogP) is 5.47. The molecule has 0 N–H and O–H groups in total. The van der Waals surface area contributed by atoms with Crippen molar-refractivity contribution in [2.45, 2.75) is 51.2 Å². The smallest absolute Gasteiger partial charge is 0.0702 e. The van der Waals surface area contributed by atoms with Crippen LogP contribution in [0.3, 0.4) is 0 Å². The van der Waals surface area contributed by atoms with Gasteiger partial charge in [-0.25, -0.2) is 0 Å². The molecule has 2 aromatic rings. The minimum atomic E-state index is 0.399. The summed E-state index contributed by atoms with van der Waals surface area (Å²) in [6, 6.07) is 15.7. The summed E-state index contributed by atoms with van der Waals surface area (Å²) in [5.41, 5.74) is 5.79. The Kier molecular flexibility index (Phi) is 5.78. The van der Waals surface area contributed by atoms with Crippen LogP contribution in [0.2, 0.25) is 0 Å². The molecule has 1 fully saturated rings. The fourth-order valence-electron chi connectivity index (χ4n) is 4.45. The van der Waals surface area contributed by atoms with E-state index in [1.54, 1.807) is 11.1 Å². The van der Waals surface area contributed by atoms with E-state index in [1.807, 2.05) is 0 Å². The van der Waals surface area contributed by atoms with Crippen molar-refractivity contribution in [3.8, 4) is 0 Å². The first-order valence-corrected chi connectivity index (χ1v) is 10.6. The highest BCUT2D eigenvalue weighted by molar-refractivity contribution is 9.10. The summed E-state index contributed by atoms with van der Waals surface area (Å²) in [6.45, 7) is 6.22. The van der Waals surface area contributed by atoms with Gasteiger partial charge < -0.3 is 4.74 Å². The number of aryl methyl sites for hydroxylation is 2. The number of halogens is 1. The van der Waals surface area contributed by atoms with Crippen LogP contribution < -0.4 is 0 Å². The number of ether oxygens (including phenoxy) is 1. The van der Waals surface area contributed by atoms with Crippen LogP contribution >= 0.6 is 15.9 Å². The Hall–Kier alpha value is -1.16. The average Bonchev–Trinajstić information content (AvgIpc) is 3.28. The van der Waals surface area contributed by atoms with E-state index in [1.165, 1.54) is 41.3 Å². The SMILES string of the molecule is Cc1ccc(CN(CC2CCCO2)CC2CCc3ccccc32)c(Br)c1. The lowest BCUT2D eigenvalue weighted by Crippen LogP contribution is -2.34. The summed E-state index contributed by atoms with van der Waals surface area (Å²) in [5, 5.41) is 0. The molecule has 0 amide bonds. The van der Waals surface area contributed by atoms with E-state index in [9.17, 15) is 0 Å². The van der Waals surface area contributed by atoms with Crippen molar-refractivity contribution < 1.29 is 4.74 Å². The molecule has 2 aliphatic rings. The van der Waals surface area contributed by atoms with Crippen LogP contribution in [0, 0.1) is 6.92 Å². The van der Waals surface area contributed by atoms with Gasteiger partial charge in [0.15, 0.2) is 0 Å². The molecule has 0 saturated carbocycles. The van der Waals surface area contributed by atoms with Crippen molar-refractivity contribution >= 4 is 15.9 Å². The predicted molar refractivity (Wildman–Crippen MR) is 111 cm³/mol. The van der Waals surface area contributed by atoms with Gasteiger partial charge >= 0.3 is 0 Å². The van der Waals surface area contributed by atoms with Gasteiger partial charge in [-0.15, -0.1) is 0 Å². The quantitative estimate of drug-likeness (QED) is 0.622. The third-order valence-electron chi connectivity index (χ3n) is 5.82. The lowest BCUT2D eigenvalue weighted by molar-refractivity contribution is 0.0682. The van der Waals surface area contributed by atoms with Crippen LogP contribution in [0.4, 0.5) is 0 Å². The maximum Gasteiger partial charge on any atom is 0.0702 e. The van der Waals surface area contributed by atoms with Gasteiger partial charge in [0, 0.05) is 30.7 Å². The zero-order valence-corrected chi connectivity index (χ0v) is 17.2. The molecule has 26 heavy (non-hydrogen) atoms. The van der Waals surface area contributed by atoms with Crippen LogP contribution in [-0.4, -0.2) is 30.7 Å². The number of fused-ring (bicyclic) bond motifs is 1. The third kappa shape index (κ3) is 4.21. The molecule has 1 aliphatic carbocycles. The van der Waals surface area contributed by atoms with E-state index in [4.69, 9.17) is 4.74 Å². The number of hydrogen-bond acceptors (Lipinski definition) is 2. The van der Waals surface area contributed by atoms with Gasteiger partial charge in [0.05, 0.1) is 6.10 Å². The van der Waals surface area contributed by atoms with Crippen molar-refractivity contribution in [2.75, 3.05) is 19.7 Å². The van der Waals surface area contributed by atoms with E-state index in [0.29, 0.717) is 12.0 Å². The highest BCUT2D eigenvalue weighted by atomic mass is 79.9. The zero-order valence-electron chi connectivity index (χ0n) is 15.6. The largest absolute Gasteiger partial charge is 0.377 e. The molecule has 4 rings (SSSR count). The molecule has 2 aromatic carbocycles. The molecule has 0 radical (unpaired) electrons. The Balaban J connectivity index is 1.51. The molecular weight excluding hydrogens is 386 g/mol. The van der Waals surface area contributed by atoms with Crippen molar-refractivity contribution in [2.24, 2.45) is 0 Å². The molecule has 1 aliphatic heterocycles. The van der Waals surface area contributed by atoms with E-state index in [-0.39, 0.29) is 0 Å². The van der Waals surface area contributed by atoms with Gasteiger partial charge in [0.2, 0.25) is 0 Å². The Morgan fingerprint density at radius 3 is 2.81 bits per heavy atom. The van der Waals surface area contributed by atoms with Gasteiger partial charge in [0.25, 0.3) is 0 Å². The van der Waals surface area contributed by atoms with Crippen molar-refractivity contribution in [3.63, 3.8) is 0 Å². The normalized spacial score (nSPS) is 22.1. The van der Waals surface area contributed by atoms with Gasteiger partial charge in [-0.2, -0.15) is 0 Å². The summed E-state index contributed by atoms with van der Waals surface area (Å²) in [5.74, 6) is 0.650. The molecule has 0 bridgehead atoms. The second-order valence-corrected chi connectivity index (χ2v) is 8.71. The van der Waals surface area contributed by atoms with Crippen LogP contribution in [0.5, 0.6) is 0 Å². The second-order valence-electron chi connectivity index (χ2n) is 7.86. The van der Waals surface area contributed by atoms with Crippen LogP contribution in [0.15, 0.2) is 46.9 Å². The van der Waals surface area contributed by atoms with E-state index in [2.05, 4.69) is 70.2 Å². The molecule has 0 spiro atoms. The van der Waals surface area contributed by atoms with Gasteiger partial charge in [-0.05, 0) is 66.8 Å². The van der Waals surface area contributed by atoms with Crippen LogP contribution in [-0.2, 0) is 17.7 Å². The number of benzene rings is 2. The third-order valence-corrected chi connectivity index (χ3v) is 6.56. The van der Waals surface area contributed by atoms with Gasteiger partial charge in [-0.3, -0.25) is 4.90 Å². The summed E-state index contributed by atoms with van der Waals surface area (Å²) >= 11 is 3.77. The number of rotatable bonds is 6. The standard InChI is InChI=1S/C23H28BrNO/c1-17-8-9-20(23(24)13-17)15-25(16-21-6-4-12-26-21)14-19-11-10-18-5-2-3-7-22(18)19/h2-3,5,7-9,13,19,21H,4,6,10-12,14-16H2,1H3. The number of nitrogens with zero attached hydrogens (tertiary/aromatic N) is 1. The van der Waals surface area contributed by atoms with Crippen LogP contribution in [0.1, 0.15) is 47.4 Å². The molecule has 0 aromatic heterocycles. The lowest BCUT2D eigenvalue weighted by Gasteiger charge is -2.29. The maximum absolute atomic E-state index is 5.95. The molecule has 2 nitrogen and oxygen atoms in total. The van der Waals surface area contributed by atoms with Crippen molar-refractivity contribution in [1.82, 2.24) is 4.90 Å². The van der Waals surface area contributed by atoms with E-state index in [0.717, 1.165) is 26.2 Å². The first kappa shape index (κ1) is 18.2. The minimum Gasteiger partial charge on any atom is -0.377 e. The Morgan fingerprint density at radius 2 is 2.00 bits per heavy atom. The highest BCUT2D eigenvalue weighted by Crippen LogP contribution is 2.34. The minimum absolute atomic E-state index is 0.399.